The van der Waals surface area contributed by atoms with Crippen molar-refractivity contribution in [2.75, 3.05) is 12.4 Å². The van der Waals surface area contributed by atoms with Crippen molar-refractivity contribution < 1.29 is 9.13 Å². The normalized spacial score (nSPS) is 17.9. The Balaban J connectivity index is 1.99. The molecule has 0 aromatic heterocycles. The molecular formula is C12H14ClFOS. The number of halogens is 2. The molecule has 1 saturated carbocycles. The Labute approximate surface area is 105 Å². The molecule has 0 unspecified atom stereocenters. The molecule has 0 N–H and O–H groups in total. The molecule has 1 nitrogen and oxygen atoms in total. The highest BCUT2D eigenvalue weighted by molar-refractivity contribution is 7.80. The van der Waals surface area contributed by atoms with Crippen LogP contribution in [0.2, 0.25) is 5.02 Å². The lowest BCUT2D eigenvalue weighted by Gasteiger charge is -2.40. The first-order valence-electron chi connectivity index (χ1n) is 5.34. The van der Waals surface area contributed by atoms with Crippen LogP contribution in [0.4, 0.5) is 4.39 Å². The van der Waals surface area contributed by atoms with Crippen molar-refractivity contribution in [3.63, 3.8) is 0 Å². The smallest absolute Gasteiger partial charge is 0.138 e. The molecule has 1 aromatic carbocycles. The number of ether oxygens (including phenoxy) is 1. The molecule has 0 spiro atoms. The van der Waals surface area contributed by atoms with E-state index in [1.165, 1.54) is 18.6 Å². The van der Waals surface area contributed by atoms with Gasteiger partial charge < -0.3 is 4.74 Å². The van der Waals surface area contributed by atoms with Crippen molar-refractivity contribution in [3.05, 3.63) is 29.0 Å². The zero-order valence-corrected chi connectivity index (χ0v) is 10.5. The first-order valence-corrected chi connectivity index (χ1v) is 6.35. The summed E-state index contributed by atoms with van der Waals surface area (Å²) in [7, 11) is 0. The van der Waals surface area contributed by atoms with E-state index in [2.05, 4.69) is 12.6 Å². The van der Waals surface area contributed by atoms with Crippen LogP contribution < -0.4 is 4.74 Å². The summed E-state index contributed by atoms with van der Waals surface area (Å²) >= 11 is 10.2. The summed E-state index contributed by atoms with van der Waals surface area (Å²) in [6.07, 6.45) is 3.53. The van der Waals surface area contributed by atoms with Crippen molar-refractivity contribution in [2.24, 2.45) is 5.41 Å². The third-order valence-electron chi connectivity index (χ3n) is 3.18. The van der Waals surface area contributed by atoms with Crippen LogP contribution in [0.3, 0.4) is 0 Å². The van der Waals surface area contributed by atoms with Crippen LogP contribution in [-0.2, 0) is 0 Å². The summed E-state index contributed by atoms with van der Waals surface area (Å²) in [5, 5.41) is 0.327. The van der Waals surface area contributed by atoms with Crippen molar-refractivity contribution in [3.8, 4) is 5.75 Å². The van der Waals surface area contributed by atoms with Crippen molar-refractivity contribution in [2.45, 2.75) is 19.3 Å². The largest absolute Gasteiger partial charge is 0.491 e. The van der Waals surface area contributed by atoms with Gasteiger partial charge in [0.1, 0.15) is 11.6 Å². The first kappa shape index (κ1) is 12.1. The molecule has 1 fully saturated rings. The van der Waals surface area contributed by atoms with Crippen LogP contribution in [0.1, 0.15) is 19.3 Å². The van der Waals surface area contributed by atoms with Gasteiger partial charge in [-0.15, -0.1) is 0 Å². The number of hydrogen-bond acceptors (Lipinski definition) is 2. The molecule has 0 saturated heterocycles. The monoisotopic (exact) mass is 260 g/mol. The fourth-order valence-corrected chi connectivity index (χ4v) is 2.48. The van der Waals surface area contributed by atoms with Crippen LogP contribution in [0.15, 0.2) is 18.2 Å². The molecule has 0 amide bonds. The second kappa shape index (κ2) is 4.84. The Bertz CT molecular complexity index is 374. The highest BCUT2D eigenvalue weighted by Crippen LogP contribution is 2.42. The van der Waals surface area contributed by atoms with Crippen molar-refractivity contribution in [1.82, 2.24) is 0 Å². The Morgan fingerprint density at radius 1 is 1.44 bits per heavy atom. The van der Waals surface area contributed by atoms with E-state index >= 15 is 0 Å². The van der Waals surface area contributed by atoms with Gasteiger partial charge in [-0.25, -0.2) is 4.39 Å². The topological polar surface area (TPSA) is 9.23 Å². The molecule has 1 aliphatic carbocycles. The lowest BCUT2D eigenvalue weighted by molar-refractivity contribution is 0.0830. The van der Waals surface area contributed by atoms with E-state index in [9.17, 15) is 4.39 Å². The molecule has 2 rings (SSSR count). The van der Waals surface area contributed by atoms with Gasteiger partial charge in [0.2, 0.25) is 0 Å². The van der Waals surface area contributed by atoms with Gasteiger partial charge in [0.15, 0.2) is 0 Å². The van der Waals surface area contributed by atoms with Crippen molar-refractivity contribution in [1.29, 1.82) is 0 Å². The van der Waals surface area contributed by atoms with Gasteiger partial charge in [-0.1, -0.05) is 18.0 Å². The maximum atomic E-state index is 12.8. The Hall–Kier alpha value is -0.410. The highest BCUT2D eigenvalue weighted by Gasteiger charge is 2.36. The Morgan fingerprint density at radius 2 is 2.19 bits per heavy atom. The predicted octanol–water partition coefficient (Wildman–Crippen LogP) is 3.96. The lowest BCUT2D eigenvalue weighted by atomic mass is 9.71. The minimum absolute atomic E-state index is 0.195. The van der Waals surface area contributed by atoms with E-state index < -0.39 is 0 Å². The van der Waals surface area contributed by atoms with E-state index in [0.717, 1.165) is 18.6 Å². The third-order valence-corrected chi connectivity index (χ3v) is 4.14. The van der Waals surface area contributed by atoms with E-state index in [0.29, 0.717) is 17.4 Å². The molecule has 1 aliphatic rings. The average Bonchev–Trinajstić information content (AvgIpc) is 2.19. The van der Waals surface area contributed by atoms with Crippen molar-refractivity contribution >= 4 is 24.2 Å². The Morgan fingerprint density at radius 3 is 2.69 bits per heavy atom. The molecule has 4 heteroatoms. The van der Waals surface area contributed by atoms with E-state index in [1.807, 2.05) is 0 Å². The van der Waals surface area contributed by atoms with Gasteiger partial charge in [0, 0.05) is 5.41 Å². The average molecular weight is 261 g/mol. The molecule has 1 aromatic rings. The fraction of sp³-hybridized carbons (Fsp3) is 0.500. The lowest BCUT2D eigenvalue weighted by Crippen LogP contribution is -2.37. The second-order valence-corrected chi connectivity index (χ2v) is 5.10. The van der Waals surface area contributed by atoms with Gasteiger partial charge in [-0.05, 0) is 36.8 Å². The minimum atomic E-state index is -0.343. The second-order valence-electron chi connectivity index (χ2n) is 4.38. The highest BCUT2D eigenvalue weighted by atomic mass is 35.5. The van der Waals surface area contributed by atoms with Crippen LogP contribution >= 0.6 is 24.2 Å². The molecule has 0 radical (unpaired) electrons. The van der Waals surface area contributed by atoms with Crippen LogP contribution in [-0.4, -0.2) is 12.4 Å². The van der Waals surface area contributed by atoms with Crippen LogP contribution in [0, 0.1) is 11.2 Å². The zero-order valence-electron chi connectivity index (χ0n) is 8.88. The minimum Gasteiger partial charge on any atom is -0.491 e. The summed E-state index contributed by atoms with van der Waals surface area (Å²) in [5.41, 5.74) is 0.195. The summed E-state index contributed by atoms with van der Waals surface area (Å²) in [6.45, 7) is 0.613. The summed E-state index contributed by atoms with van der Waals surface area (Å²) in [6, 6.07) is 4.20. The molecule has 0 bridgehead atoms. The van der Waals surface area contributed by atoms with Crippen LogP contribution in [0.5, 0.6) is 5.75 Å². The summed E-state index contributed by atoms with van der Waals surface area (Å²) in [4.78, 5) is 0. The quantitative estimate of drug-likeness (QED) is 0.807. The zero-order chi connectivity index (χ0) is 11.6. The SMILES string of the molecule is Fc1ccc(OCC2(CS)CCC2)c(Cl)c1. The molecule has 16 heavy (non-hydrogen) atoms. The van der Waals surface area contributed by atoms with Gasteiger partial charge in [0.05, 0.1) is 11.6 Å². The maximum absolute atomic E-state index is 12.8. The third kappa shape index (κ3) is 2.46. The predicted molar refractivity (Wildman–Crippen MR) is 67.0 cm³/mol. The molecular weight excluding hydrogens is 247 g/mol. The number of benzene rings is 1. The van der Waals surface area contributed by atoms with E-state index in [-0.39, 0.29) is 11.2 Å². The summed E-state index contributed by atoms with van der Waals surface area (Å²) < 4.78 is 18.5. The molecule has 0 aliphatic heterocycles. The van der Waals surface area contributed by atoms with Gasteiger partial charge in [-0.3, -0.25) is 0 Å². The fourth-order valence-electron chi connectivity index (χ4n) is 1.85. The number of thiol groups is 1. The summed E-state index contributed by atoms with van der Waals surface area (Å²) in [5.74, 6) is 1.03. The molecule has 0 atom stereocenters. The number of hydrogen-bond donors (Lipinski definition) is 1. The maximum Gasteiger partial charge on any atom is 0.138 e. The standard InChI is InChI=1S/C12H14ClFOS/c13-10-6-9(14)2-3-11(10)15-7-12(8-16)4-1-5-12/h2-3,6,16H,1,4-5,7-8H2. The Kier molecular flexibility index (Phi) is 3.65. The van der Waals surface area contributed by atoms with Crippen LogP contribution in [0.25, 0.3) is 0 Å². The molecule has 0 heterocycles. The van der Waals surface area contributed by atoms with Gasteiger partial charge >= 0.3 is 0 Å². The van der Waals surface area contributed by atoms with E-state index in [1.54, 1.807) is 6.07 Å². The first-order chi connectivity index (χ1) is 7.65. The van der Waals surface area contributed by atoms with E-state index in [4.69, 9.17) is 16.3 Å². The van der Waals surface area contributed by atoms with Gasteiger partial charge in [0.25, 0.3) is 0 Å². The molecule has 88 valence electrons. The number of rotatable bonds is 4. The van der Waals surface area contributed by atoms with Gasteiger partial charge in [-0.2, -0.15) is 12.6 Å².